The number of methoxy groups -OCH3 is 1. The second-order valence-corrected chi connectivity index (χ2v) is 9.29. The van der Waals surface area contributed by atoms with E-state index in [4.69, 9.17) is 4.74 Å². The number of aromatic nitrogens is 5. The molecular formula is C26H25F6N7O3. The smallest absolute Gasteiger partial charge is 0.423 e. The third-order valence-electron chi connectivity index (χ3n) is 6.28. The third-order valence-corrected chi connectivity index (χ3v) is 6.28. The summed E-state index contributed by atoms with van der Waals surface area (Å²) in [5.74, 6) is -0.886. The molecule has 4 rings (SSSR count). The van der Waals surface area contributed by atoms with E-state index in [0.717, 1.165) is 12.3 Å². The van der Waals surface area contributed by atoms with Gasteiger partial charge in [-0.1, -0.05) is 0 Å². The molecule has 0 bridgehead atoms. The monoisotopic (exact) mass is 597 g/mol. The molecule has 0 aliphatic heterocycles. The number of aromatic amines is 1. The Labute approximate surface area is 233 Å². The number of halogens is 6. The number of nitrogens with zero attached hydrogens (tertiary/aromatic N) is 4. The molecule has 0 amide bonds. The van der Waals surface area contributed by atoms with Crippen LogP contribution in [0.4, 0.5) is 37.8 Å². The highest BCUT2D eigenvalue weighted by molar-refractivity contribution is 5.86. The van der Waals surface area contributed by atoms with Crippen molar-refractivity contribution in [2.75, 3.05) is 24.3 Å². The number of hydrogen-bond donors (Lipinski definition) is 3. The number of alkyl halides is 5. The first-order valence-electron chi connectivity index (χ1n) is 12.6. The predicted octanol–water partition coefficient (Wildman–Crippen LogP) is 4.67. The summed E-state index contributed by atoms with van der Waals surface area (Å²) in [6.45, 7) is 1.10. The van der Waals surface area contributed by atoms with Crippen LogP contribution in [0.1, 0.15) is 25.3 Å². The van der Waals surface area contributed by atoms with Crippen LogP contribution in [0.5, 0.6) is 5.75 Å². The molecule has 0 fully saturated rings. The summed E-state index contributed by atoms with van der Waals surface area (Å²) in [7, 11) is 1.30. The third kappa shape index (κ3) is 6.80. The Morgan fingerprint density at radius 1 is 1.17 bits per heavy atom. The summed E-state index contributed by atoms with van der Waals surface area (Å²) in [5.41, 5.74) is -3.75. The lowest BCUT2D eigenvalue weighted by atomic mass is 10.1. The van der Waals surface area contributed by atoms with E-state index in [2.05, 4.69) is 25.7 Å². The number of nitrogens with one attached hydrogen (secondary N) is 3. The van der Waals surface area contributed by atoms with Gasteiger partial charge in [-0.05, 0) is 43.4 Å². The number of anilines is 2. The van der Waals surface area contributed by atoms with Crippen molar-refractivity contribution in [3.8, 4) is 17.1 Å². The van der Waals surface area contributed by atoms with Crippen LogP contribution >= 0.6 is 0 Å². The van der Waals surface area contributed by atoms with Crippen LogP contribution in [0.25, 0.3) is 22.2 Å². The maximum Gasteiger partial charge on any atom is 0.423 e. The van der Waals surface area contributed by atoms with Gasteiger partial charge in [0.05, 0.1) is 42.7 Å². The quantitative estimate of drug-likeness (QED) is 0.213. The first-order chi connectivity index (χ1) is 19.9. The largest absolute Gasteiger partial charge is 0.491 e. The van der Waals surface area contributed by atoms with E-state index >= 15 is 4.39 Å². The van der Waals surface area contributed by atoms with Crippen molar-refractivity contribution in [2.45, 2.75) is 45.0 Å². The highest BCUT2D eigenvalue weighted by Gasteiger charge is 2.37. The first kappa shape index (κ1) is 30.3. The number of hydrogen-bond acceptors (Lipinski definition) is 8. The molecule has 224 valence electrons. The molecule has 1 aromatic carbocycles. The summed E-state index contributed by atoms with van der Waals surface area (Å²) >= 11 is 0. The maximum atomic E-state index is 15.1. The minimum absolute atomic E-state index is 0.0496. The molecule has 0 aliphatic carbocycles. The second-order valence-electron chi connectivity index (χ2n) is 9.29. The predicted molar refractivity (Wildman–Crippen MR) is 142 cm³/mol. The van der Waals surface area contributed by atoms with E-state index < -0.39 is 53.4 Å². The lowest BCUT2D eigenvalue weighted by Crippen LogP contribution is -2.27. The average molecular weight is 598 g/mol. The second kappa shape index (κ2) is 12.5. The zero-order valence-corrected chi connectivity index (χ0v) is 22.2. The van der Waals surface area contributed by atoms with Crippen LogP contribution in [0.2, 0.25) is 0 Å². The molecule has 3 heterocycles. The first-order valence-corrected chi connectivity index (χ1v) is 12.6. The number of aryl methyl sites for hydroxylation is 1. The van der Waals surface area contributed by atoms with Crippen LogP contribution in [0.3, 0.4) is 0 Å². The van der Waals surface area contributed by atoms with E-state index in [1.807, 2.05) is 0 Å². The molecule has 42 heavy (non-hydrogen) atoms. The van der Waals surface area contributed by atoms with Crippen molar-refractivity contribution in [2.24, 2.45) is 0 Å². The van der Waals surface area contributed by atoms with Gasteiger partial charge in [-0.15, -0.1) is 0 Å². The fourth-order valence-corrected chi connectivity index (χ4v) is 4.30. The van der Waals surface area contributed by atoms with E-state index in [1.165, 1.54) is 30.1 Å². The van der Waals surface area contributed by atoms with Gasteiger partial charge in [0.25, 0.3) is 17.5 Å². The van der Waals surface area contributed by atoms with Gasteiger partial charge in [-0.2, -0.15) is 18.3 Å². The number of fused-ring (bicyclic) bond motifs is 1. The van der Waals surface area contributed by atoms with Gasteiger partial charge in [-0.25, -0.2) is 28.2 Å². The van der Waals surface area contributed by atoms with Crippen LogP contribution in [-0.2, 0) is 12.7 Å². The maximum absolute atomic E-state index is 15.1. The Kier molecular flexibility index (Phi) is 9.02. The molecule has 1 atom stereocenters. The van der Waals surface area contributed by atoms with Gasteiger partial charge >= 0.3 is 6.18 Å². The zero-order valence-electron chi connectivity index (χ0n) is 22.2. The number of rotatable bonds is 11. The van der Waals surface area contributed by atoms with Gasteiger partial charge in [0.1, 0.15) is 11.4 Å². The lowest BCUT2D eigenvalue weighted by molar-refractivity contribution is -0.138. The van der Waals surface area contributed by atoms with Crippen molar-refractivity contribution in [1.82, 2.24) is 24.7 Å². The molecule has 0 spiro atoms. The Morgan fingerprint density at radius 2 is 1.93 bits per heavy atom. The zero-order chi connectivity index (χ0) is 30.6. The van der Waals surface area contributed by atoms with Crippen molar-refractivity contribution >= 4 is 22.3 Å². The topological polar surface area (TPSA) is 127 Å². The van der Waals surface area contributed by atoms with Gasteiger partial charge < -0.3 is 19.9 Å². The number of H-pyrrole nitrogens is 1. The highest BCUT2D eigenvalue weighted by Crippen LogP contribution is 2.32. The Bertz CT molecular complexity index is 1690. The summed E-state index contributed by atoms with van der Waals surface area (Å²) in [6, 6.07) is 3.48. The SMILES string of the molecule is COc1cnc(-c2cc3ccn(CCCC(C)Nc4cn[nH]c(=O)c4C(F)(F)F)c(=O)c3cc2F)nc1NCC(F)F. The standard InChI is InChI=1S/C26H25F6N7O3/c1-13(36-18-10-35-38-24(40)21(18)26(30,31)32)4-3-6-39-7-5-14-8-16(17(27)9-15(14)25(39)41)22-33-11-19(42-2)23(37-22)34-12-20(28)29/h5,7-11,13,20H,3-4,6,12H2,1-2H3,(H,33,34,37)(H2,36,38,40). The van der Waals surface area contributed by atoms with Crippen molar-refractivity contribution < 1.29 is 31.1 Å². The summed E-state index contributed by atoms with van der Waals surface area (Å²) in [6.07, 6.45) is -3.25. The van der Waals surface area contributed by atoms with E-state index in [1.54, 1.807) is 18.1 Å². The number of pyridine rings is 1. The van der Waals surface area contributed by atoms with E-state index in [0.29, 0.717) is 18.2 Å². The minimum atomic E-state index is -4.88. The molecule has 16 heteroatoms. The molecule has 3 N–H and O–H groups in total. The minimum Gasteiger partial charge on any atom is -0.491 e. The fourth-order valence-electron chi connectivity index (χ4n) is 4.30. The van der Waals surface area contributed by atoms with E-state index in [9.17, 15) is 31.5 Å². The normalized spacial score (nSPS) is 12.5. The van der Waals surface area contributed by atoms with Crippen molar-refractivity contribution in [3.05, 3.63) is 68.9 Å². The van der Waals surface area contributed by atoms with Gasteiger partial charge in [-0.3, -0.25) is 9.59 Å². The van der Waals surface area contributed by atoms with Crippen molar-refractivity contribution in [1.29, 1.82) is 0 Å². The van der Waals surface area contributed by atoms with Crippen LogP contribution in [0.15, 0.2) is 46.4 Å². The molecular weight excluding hydrogens is 572 g/mol. The molecule has 0 radical (unpaired) electrons. The van der Waals surface area contributed by atoms with Crippen LogP contribution in [0, 0.1) is 5.82 Å². The lowest BCUT2D eigenvalue weighted by Gasteiger charge is -2.18. The van der Waals surface area contributed by atoms with Gasteiger partial charge in [0.15, 0.2) is 17.4 Å². The molecule has 0 aliphatic rings. The Balaban J connectivity index is 1.50. The molecule has 0 saturated carbocycles. The summed E-state index contributed by atoms with van der Waals surface area (Å²) < 4.78 is 86.7. The van der Waals surface area contributed by atoms with Gasteiger partial charge in [0.2, 0.25) is 0 Å². The van der Waals surface area contributed by atoms with Gasteiger partial charge in [0, 0.05) is 18.8 Å². The van der Waals surface area contributed by atoms with Crippen LogP contribution < -0.4 is 26.5 Å². The van der Waals surface area contributed by atoms with Crippen molar-refractivity contribution in [3.63, 3.8) is 0 Å². The number of benzene rings is 1. The highest BCUT2D eigenvalue weighted by atomic mass is 19.4. The molecule has 3 aromatic heterocycles. The summed E-state index contributed by atoms with van der Waals surface area (Å²) in [4.78, 5) is 32.9. The summed E-state index contributed by atoms with van der Waals surface area (Å²) in [5, 5.41) is 10.7. The fraction of sp³-hybridized carbons (Fsp3) is 0.346. The molecule has 0 saturated heterocycles. The van der Waals surface area contributed by atoms with Crippen LogP contribution in [-0.4, -0.2) is 50.9 Å². The number of ether oxygens (including phenoxy) is 1. The molecule has 4 aromatic rings. The molecule has 10 nitrogen and oxygen atoms in total. The molecule has 1 unspecified atom stereocenters. The average Bonchev–Trinajstić information content (AvgIpc) is 2.92. The Morgan fingerprint density at radius 3 is 2.62 bits per heavy atom. The Hall–Kier alpha value is -4.63. The van der Waals surface area contributed by atoms with E-state index in [-0.39, 0.29) is 34.9 Å².